The zero-order valence-corrected chi connectivity index (χ0v) is 16.4. The number of anilines is 1. The number of carbonyl (C=O) groups excluding carboxylic acids is 1. The zero-order chi connectivity index (χ0) is 13.3. The summed E-state index contributed by atoms with van der Waals surface area (Å²) in [5, 5.41) is 4.73. The van der Waals surface area contributed by atoms with E-state index in [0.717, 1.165) is 22.0 Å². The van der Waals surface area contributed by atoms with Crippen LogP contribution in [0.25, 0.3) is 0 Å². The second-order valence-electron chi connectivity index (χ2n) is 3.34. The van der Waals surface area contributed by atoms with E-state index in [1.165, 1.54) is 0 Å². The van der Waals surface area contributed by atoms with Gasteiger partial charge in [-0.05, 0) is 72.6 Å². The van der Waals surface area contributed by atoms with Crippen molar-refractivity contribution in [3.05, 3.63) is 45.4 Å². The Morgan fingerprint density at radius 3 is 2.28 bits per heavy atom. The third-order valence-corrected chi connectivity index (χ3v) is 5.57. The molecule has 0 aliphatic rings. The maximum absolute atomic E-state index is 12.1. The zero-order valence-electron chi connectivity index (χ0n) is 8.64. The van der Waals surface area contributed by atoms with E-state index in [1.54, 1.807) is 11.3 Å². The molecule has 0 saturated heterocycles. The van der Waals surface area contributed by atoms with E-state index in [4.69, 9.17) is 0 Å². The smallest absolute Gasteiger partial charge is 0.256 e. The van der Waals surface area contributed by atoms with E-state index in [9.17, 15) is 4.79 Å². The molecule has 0 fully saturated rings. The predicted octanol–water partition coefficient (Wildman–Crippen LogP) is 5.89. The number of hydrogen-bond acceptors (Lipinski definition) is 2. The Balaban J connectivity index is 2.27. The molecule has 1 amide bonds. The SMILES string of the molecule is O=C(Nc1c(Br)cc(Br)cc1Br)c1csc(I)c1. The minimum absolute atomic E-state index is 0.113. The molecule has 7 heteroatoms. The summed E-state index contributed by atoms with van der Waals surface area (Å²) in [5.41, 5.74) is 1.40. The van der Waals surface area contributed by atoms with Crippen molar-refractivity contribution >= 4 is 93.3 Å². The Labute approximate surface area is 147 Å². The van der Waals surface area contributed by atoms with Gasteiger partial charge in [0.25, 0.3) is 5.91 Å². The van der Waals surface area contributed by atoms with Crippen molar-refractivity contribution in [1.29, 1.82) is 0 Å². The number of halogens is 4. The molecule has 1 N–H and O–H groups in total. The number of amides is 1. The van der Waals surface area contributed by atoms with E-state index in [1.807, 2.05) is 23.6 Å². The fourth-order valence-electron chi connectivity index (χ4n) is 1.28. The van der Waals surface area contributed by atoms with Crippen LogP contribution in [-0.2, 0) is 0 Å². The number of nitrogens with one attached hydrogen (secondary N) is 1. The predicted molar refractivity (Wildman–Crippen MR) is 94.5 cm³/mol. The third-order valence-electron chi connectivity index (χ3n) is 2.08. The molecule has 1 heterocycles. The van der Waals surface area contributed by atoms with Gasteiger partial charge in [-0.2, -0.15) is 0 Å². The lowest BCUT2D eigenvalue weighted by atomic mass is 10.3. The molecule has 1 aromatic heterocycles. The fourth-order valence-corrected chi connectivity index (χ4v) is 5.06. The molecule has 2 rings (SSSR count). The molecule has 0 spiro atoms. The molecule has 2 nitrogen and oxygen atoms in total. The van der Waals surface area contributed by atoms with Gasteiger partial charge in [0.2, 0.25) is 0 Å². The summed E-state index contributed by atoms with van der Waals surface area (Å²) in [6, 6.07) is 5.64. The van der Waals surface area contributed by atoms with Crippen LogP contribution in [0.2, 0.25) is 0 Å². The van der Waals surface area contributed by atoms with Crippen molar-refractivity contribution in [2.75, 3.05) is 5.32 Å². The van der Waals surface area contributed by atoms with Crippen LogP contribution in [0.4, 0.5) is 5.69 Å². The van der Waals surface area contributed by atoms with Gasteiger partial charge < -0.3 is 5.32 Å². The average Bonchev–Trinajstić information content (AvgIpc) is 2.70. The van der Waals surface area contributed by atoms with Crippen LogP contribution in [0.3, 0.4) is 0 Å². The van der Waals surface area contributed by atoms with Crippen molar-refractivity contribution in [1.82, 2.24) is 0 Å². The maximum atomic E-state index is 12.1. The first-order chi connectivity index (χ1) is 8.47. The van der Waals surface area contributed by atoms with Crippen LogP contribution in [0.15, 0.2) is 37.0 Å². The quantitative estimate of drug-likeness (QED) is 0.452. The van der Waals surface area contributed by atoms with E-state index < -0.39 is 0 Å². The molecule has 2 aromatic rings. The summed E-state index contributed by atoms with van der Waals surface area (Å²) in [7, 11) is 0. The van der Waals surface area contributed by atoms with Crippen LogP contribution < -0.4 is 5.32 Å². The highest BCUT2D eigenvalue weighted by Crippen LogP contribution is 2.34. The number of benzene rings is 1. The van der Waals surface area contributed by atoms with E-state index >= 15 is 0 Å². The standard InChI is InChI=1S/C11H5Br3INOS/c12-6-2-7(13)10(8(14)3-6)16-11(17)5-1-9(15)18-4-5/h1-4H,(H,16,17). The van der Waals surface area contributed by atoms with Crippen molar-refractivity contribution in [3.63, 3.8) is 0 Å². The van der Waals surface area contributed by atoms with E-state index in [2.05, 4.69) is 75.7 Å². The summed E-state index contributed by atoms with van der Waals surface area (Å²) in [4.78, 5) is 12.1. The van der Waals surface area contributed by atoms with Crippen molar-refractivity contribution < 1.29 is 4.79 Å². The van der Waals surface area contributed by atoms with Crippen molar-refractivity contribution in [2.24, 2.45) is 0 Å². The number of hydrogen-bond donors (Lipinski definition) is 1. The molecule has 0 aliphatic carbocycles. The minimum atomic E-state index is -0.113. The van der Waals surface area contributed by atoms with E-state index in [0.29, 0.717) is 5.56 Å². The van der Waals surface area contributed by atoms with Gasteiger partial charge in [-0.25, -0.2) is 0 Å². The second-order valence-corrected chi connectivity index (χ2v) is 8.77. The third kappa shape index (κ3) is 3.56. The van der Waals surface area contributed by atoms with Gasteiger partial charge in [-0.15, -0.1) is 11.3 Å². The highest BCUT2D eigenvalue weighted by molar-refractivity contribution is 14.1. The molecular formula is C11H5Br3INOS. The first-order valence-electron chi connectivity index (χ1n) is 4.67. The Bertz CT molecular complexity index is 591. The Hall–Kier alpha value is 0.560. The molecular weight excluding hydrogens is 561 g/mol. The van der Waals surface area contributed by atoms with Crippen LogP contribution in [-0.4, -0.2) is 5.91 Å². The number of carbonyl (C=O) groups is 1. The van der Waals surface area contributed by atoms with Gasteiger partial charge >= 0.3 is 0 Å². The van der Waals surface area contributed by atoms with Gasteiger partial charge in [0.05, 0.1) is 14.1 Å². The molecule has 0 saturated carbocycles. The summed E-state index contributed by atoms with van der Waals surface area (Å²) in [6.07, 6.45) is 0. The normalized spacial score (nSPS) is 10.4. The van der Waals surface area contributed by atoms with E-state index in [-0.39, 0.29) is 5.91 Å². The Morgan fingerprint density at radius 2 is 1.78 bits per heavy atom. The van der Waals surface area contributed by atoms with Gasteiger partial charge in [0.1, 0.15) is 0 Å². The molecule has 0 aliphatic heterocycles. The van der Waals surface area contributed by atoms with Crippen LogP contribution in [0.5, 0.6) is 0 Å². The molecule has 18 heavy (non-hydrogen) atoms. The highest BCUT2D eigenvalue weighted by Gasteiger charge is 2.13. The maximum Gasteiger partial charge on any atom is 0.256 e. The highest BCUT2D eigenvalue weighted by atomic mass is 127. The second kappa shape index (κ2) is 6.34. The monoisotopic (exact) mass is 563 g/mol. The lowest BCUT2D eigenvalue weighted by molar-refractivity contribution is 0.102. The fraction of sp³-hybridized carbons (Fsp3) is 0. The first kappa shape index (κ1) is 15.0. The van der Waals surface area contributed by atoms with Crippen LogP contribution >= 0.6 is 81.7 Å². The van der Waals surface area contributed by atoms with Gasteiger partial charge in [-0.3, -0.25) is 4.79 Å². The molecule has 0 radical (unpaired) electrons. The molecule has 0 atom stereocenters. The minimum Gasteiger partial charge on any atom is -0.320 e. The van der Waals surface area contributed by atoms with Crippen molar-refractivity contribution in [3.8, 4) is 0 Å². The topological polar surface area (TPSA) is 29.1 Å². The molecule has 0 bridgehead atoms. The van der Waals surface area contributed by atoms with Crippen LogP contribution in [0.1, 0.15) is 10.4 Å². The van der Waals surface area contributed by atoms with Gasteiger partial charge in [-0.1, -0.05) is 15.9 Å². The Kier molecular flexibility index (Phi) is 5.27. The molecule has 0 unspecified atom stereocenters. The number of rotatable bonds is 2. The first-order valence-corrected chi connectivity index (χ1v) is 9.01. The van der Waals surface area contributed by atoms with Gasteiger partial charge in [0.15, 0.2) is 0 Å². The average molecular weight is 566 g/mol. The summed E-state index contributed by atoms with van der Waals surface area (Å²) in [6.45, 7) is 0. The number of thiophene rings is 1. The Morgan fingerprint density at radius 1 is 1.17 bits per heavy atom. The summed E-state index contributed by atoms with van der Waals surface area (Å²) < 4.78 is 3.67. The van der Waals surface area contributed by atoms with Gasteiger partial charge in [0, 0.05) is 18.8 Å². The largest absolute Gasteiger partial charge is 0.320 e. The molecule has 1 aromatic carbocycles. The lowest BCUT2D eigenvalue weighted by Gasteiger charge is -2.09. The summed E-state index contributed by atoms with van der Waals surface area (Å²) >= 11 is 14.0. The summed E-state index contributed by atoms with van der Waals surface area (Å²) in [5.74, 6) is -0.113. The van der Waals surface area contributed by atoms with Crippen LogP contribution in [0, 0.1) is 2.88 Å². The van der Waals surface area contributed by atoms with Crippen molar-refractivity contribution in [2.45, 2.75) is 0 Å². The molecule has 94 valence electrons. The lowest BCUT2D eigenvalue weighted by Crippen LogP contribution is -2.11.